The van der Waals surface area contributed by atoms with Crippen molar-refractivity contribution in [3.63, 3.8) is 0 Å². The van der Waals surface area contributed by atoms with E-state index in [1.807, 2.05) is 5.43 Å². The van der Waals surface area contributed by atoms with Gasteiger partial charge in [-0.1, -0.05) is 12.1 Å². The summed E-state index contributed by atoms with van der Waals surface area (Å²) in [5.74, 6) is 10.9. The fourth-order valence-corrected chi connectivity index (χ4v) is 2.07. The Kier molecular flexibility index (Phi) is 6.03. The second-order valence-electron chi connectivity index (χ2n) is 4.87. The molecule has 134 valence electrons. The average Bonchev–Trinajstić information content (AvgIpc) is 2.60. The smallest absolute Gasteiger partial charge is 0.387 e. The number of anilines is 1. The molecule has 0 saturated heterocycles. The number of rotatable bonds is 6. The number of pyridine rings is 1. The van der Waals surface area contributed by atoms with Crippen molar-refractivity contribution in [2.75, 3.05) is 5.01 Å². The lowest BCUT2D eigenvalue weighted by Crippen LogP contribution is -2.48. The third-order valence-corrected chi connectivity index (χ3v) is 3.24. The third kappa shape index (κ3) is 4.52. The van der Waals surface area contributed by atoms with Crippen LogP contribution >= 0.6 is 0 Å². The van der Waals surface area contributed by atoms with Crippen LogP contribution in [-0.2, 0) is 6.61 Å². The minimum Gasteiger partial charge on any atom is -0.472 e. The highest BCUT2D eigenvalue weighted by atomic mass is 19.3. The Balaban J connectivity index is 2.37. The van der Waals surface area contributed by atoms with Gasteiger partial charge in [-0.15, -0.1) is 0 Å². The number of amides is 2. The number of urea groups is 1. The highest BCUT2D eigenvalue weighted by molar-refractivity contribution is 5.91. The number of nitrogens with zero attached hydrogens (tertiary/aromatic N) is 2. The Morgan fingerprint density at radius 1 is 1.36 bits per heavy atom. The van der Waals surface area contributed by atoms with Crippen LogP contribution in [0.2, 0.25) is 0 Å². The number of hydrogen-bond donors (Lipinski definition) is 3. The fraction of sp³-hybridized carbons (Fsp3) is 0.200. The molecule has 0 atom stereocenters. The molecule has 0 bridgehead atoms. The van der Waals surface area contributed by atoms with E-state index >= 15 is 0 Å². The number of aryl methyl sites for hydroxylation is 1. The third-order valence-electron chi connectivity index (χ3n) is 3.24. The second kappa shape index (κ2) is 8.22. The molecule has 0 fully saturated rings. The number of halogens is 2. The van der Waals surface area contributed by atoms with Gasteiger partial charge in [0.15, 0.2) is 0 Å². The molecule has 0 saturated carbocycles. The quantitative estimate of drug-likeness (QED) is 0.415. The molecule has 1 aromatic heterocycles. The zero-order valence-corrected chi connectivity index (χ0v) is 13.3. The van der Waals surface area contributed by atoms with Gasteiger partial charge in [-0.05, 0) is 25.1 Å². The van der Waals surface area contributed by atoms with E-state index in [1.54, 1.807) is 19.1 Å². The highest BCUT2D eigenvalue weighted by Crippen LogP contribution is 2.31. The van der Waals surface area contributed by atoms with E-state index in [0.717, 1.165) is 5.56 Å². The van der Waals surface area contributed by atoms with Crippen molar-refractivity contribution in [3.05, 3.63) is 47.7 Å². The Bertz CT molecular complexity index is 745. The first kappa shape index (κ1) is 18.4. The van der Waals surface area contributed by atoms with Crippen molar-refractivity contribution >= 4 is 11.7 Å². The van der Waals surface area contributed by atoms with Gasteiger partial charge in [0.05, 0.1) is 11.3 Å². The molecule has 8 nitrogen and oxygen atoms in total. The summed E-state index contributed by atoms with van der Waals surface area (Å²) in [6.07, 6.45) is 1.53. The Morgan fingerprint density at radius 2 is 2.12 bits per heavy atom. The molecule has 0 aliphatic carbocycles. The van der Waals surface area contributed by atoms with E-state index < -0.39 is 12.6 Å². The van der Waals surface area contributed by atoms with Gasteiger partial charge in [0, 0.05) is 11.8 Å². The van der Waals surface area contributed by atoms with E-state index in [2.05, 4.69) is 9.72 Å². The number of alkyl halides is 2. The molecule has 1 heterocycles. The lowest BCUT2D eigenvalue weighted by Gasteiger charge is -2.21. The summed E-state index contributed by atoms with van der Waals surface area (Å²) in [6.45, 7) is -1.48. The predicted octanol–water partition coefficient (Wildman–Crippen LogP) is 1.83. The summed E-state index contributed by atoms with van der Waals surface area (Å²) in [7, 11) is 0. The molecule has 0 unspecified atom stereocenters. The molecule has 2 aromatic rings. The molecule has 2 rings (SSSR count). The minimum absolute atomic E-state index is 0.0923. The first-order chi connectivity index (χ1) is 11.9. The van der Waals surface area contributed by atoms with Crippen LogP contribution in [0.1, 0.15) is 11.1 Å². The van der Waals surface area contributed by atoms with Gasteiger partial charge in [-0.25, -0.2) is 26.5 Å². The second-order valence-corrected chi connectivity index (χ2v) is 4.87. The topological polar surface area (TPSA) is 116 Å². The van der Waals surface area contributed by atoms with Crippen LogP contribution < -0.4 is 31.6 Å². The molecule has 0 aliphatic heterocycles. The molecule has 0 spiro atoms. The summed E-state index contributed by atoms with van der Waals surface area (Å²) in [5.41, 5.74) is 2.83. The van der Waals surface area contributed by atoms with E-state index in [9.17, 15) is 13.6 Å². The van der Waals surface area contributed by atoms with Crippen molar-refractivity contribution in [1.82, 2.24) is 10.4 Å². The number of hydrogen-bond acceptors (Lipinski definition) is 6. The largest absolute Gasteiger partial charge is 0.472 e. The van der Waals surface area contributed by atoms with E-state index in [4.69, 9.17) is 16.4 Å². The first-order valence-electron chi connectivity index (χ1n) is 7.10. The SMILES string of the molecule is Cc1cccnc1OCc1c(OC(F)F)cccc1N(N)C(=O)NN. The van der Waals surface area contributed by atoms with E-state index in [0.29, 0.717) is 10.9 Å². The van der Waals surface area contributed by atoms with Crippen molar-refractivity contribution < 1.29 is 23.0 Å². The number of carbonyl (C=O) groups is 1. The zero-order valence-electron chi connectivity index (χ0n) is 13.3. The molecule has 2 amide bonds. The van der Waals surface area contributed by atoms with E-state index in [-0.39, 0.29) is 23.6 Å². The van der Waals surface area contributed by atoms with Gasteiger partial charge < -0.3 is 9.47 Å². The molecule has 10 heteroatoms. The van der Waals surface area contributed by atoms with Gasteiger partial charge in [0.25, 0.3) is 0 Å². The number of aromatic nitrogens is 1. The van der Waals surface area contributed by atoms with Crippen LogP contribution in [-0.4, -0.2) is 17.6 Å². The lowest BCUT2D eigenvalue weighted by molar-refractivity contribution is -0.0508. The maximum atomic E-state index is 12.7. The number of nitrogens with one attached hydrogen (secondary N) is 1. The van der Waals surface area contributed by atoms with Crippen LogP contribution in [0.4, 0.5) is 19.3 Å². The Morgan fingerprint density at radius 3 is 2.76 bits per heavy atom. The van der Waals surface area contributed by atoms with Crippen LogP contribution in [0, 0.1) is 6.92 Å². The van der Waals surface area contributed by atoms with Crippen LogP contribution in [0.5, 0.6) is 11.6 Å². The Labute approximate surface area is 142 Å². The highest BCUT2D eigenvalue weighted by Gasteiger charge is 2.20. The average molecular weight is 353 g/mol. The summed E-state index contributed by atoms with van der Waals surface area (Å²) in [4.78, 5) is 15.7. The number of nitrogens with two attached hydrogens (primary N) is 2. The van der Waals surface area contributed by atoms with Gasteiger partial charge >= 0.3 is 12.6 Å². The maximum Gasteiger partial charge on any atom is 0.387 e. The maximum absolute atomic E-state index is 12.7. The lowest BCUT2D eigenvalue weighted by atomic mass is 10.1. The summed E-state index contributed by atoms with van der Waals surface area (Å²) in [5, 5.41) is 0.669. The number of hydrazine groups is 2. The zero-order chi connectivity index (χ0) is 18.4. The van der Waals surface area contributed by atoms with Gasteiger partial charge in [0.1, 0.15) is 12.4 Å². The molecular formula is C15H17F2N5O3. The molecule has 0 radical (unpaired) electrons. The van der Waals surface area contributed by atoms with Crippen molar-refractivity contribution in [2.45, 2.75) is 20.1 Å². The number of benzene rings is 1. The van der Waals surface area contributed by atoms with Crippen molar-refractivity contribution in [1.29, 1.82) is 0 Å². The fourth-order valence-electron chi connectivity index (χ4n) is 2.07. The summed E-state index contributed by atoms with van der Waals surface area (Å²) < 4.78 is 35.4. The van der Waals surface area contributed by atoms with E-state index in [1.165, 1.54) is 24.4 Å². The Hall–Kier alpha value is -2.98. The van der Waals surface area contributed by atoms with Crippen LogP contribution in [0.25, 0.3) is 0 Å². The number of ether oxygens (including phenoxy) is 2. The molecule has 25 heavy (non-hydrogen) atoms. The van der Waals surface area contributed by atoms with Crippen molar-refractivity contribution in [3.8, 4) is 11.6 Å². The summed E-state index contributed by atoms with van der Waals surface area (Å²) in [6, 6.07) is 6.83. The molecule has 1 aromatic carbocycles. The normalized spacial score (nSPS) is 10.5. The summed E-state index contributed by atoms with van der Waals surface area (Å²) >= 11 is 0. The van der Waals surface area contributed by atoms with Crippen LogP contribution in [0.3, 0.4) is 0 Å². The van der Waals surface area contributed by atoms with Crippen molar-refractivity contribution in [2.24, 2.45) is 11.7 Å². The van der Waals surface area contributed by atoms with Crippen LogP contribution in [0.15, 0.2) is 36.5 Å². The molecular weight excluding hydrogens is 336 g/mol. The first-order valence-corrected chi connectivity index (χ1v) is 7.10. The minimum atomic E-state index is -3.06. The van der Waals surface area contributed by atoms with Gasteiger partial charge in [-0.3, -0.25) is 5.43 Å². The molecule has 5 N–H and O–H groups in total. The molecule has 0 aliphatic rings. The number of carbonyl (C=O) groups excluding carboxylic acids is 1. The van der Waals surface area contributed by atoms with Gasteiger partial charge in [0.2, 0.25) is 5.88 Å². The standard InChI is InChI=1S/C15H17F2N5O3/c1-9-4-3-7-20-13(9)24-8-10-11(22(19)15(23)21-18)5-2-6-12(10)25-14(16)17/h2-7,14H,8,18-19H2,1H3,(H,21,23). The monoisotopic (exact) mass is 353 g/mol. The van der Waals surface area contributed by atoms with Gasteiger partial charge in [-0.2, -0.15) is 8.78 Å². The predicted molar refractivity (Wildman–Crippen MR) is 85.8 cm³/mol.